The van der Waals surface area contributed by atoms with Crippen LogP contribution in [0.3, 0.4) is 0 Å². The number of hydrogen-bond acceptors (Lipinski definition) is 6. The van der Waals surface area contributed by atoms with Gasteiger partial charge in [-0.15, -0.1) is 6.58 Å². The van der Waals surface area contributed by atoms with Crippen LogP contribution in [0.4, 0.5) is 17.1 Å². The van der Waals surface area contributed by atoms with E-state index in [-0.39, 0.29) is 22.8 Å². The lowest BCUT2D eigenvalue weighted by Crippen LogP contribution is -2.23. The highest BCUT2D eigenvalue weighted by Gasteiger charge is 2.21. The van der Waals surface area contributed by atoms with Crippen LogP contribution in [0.2, 0.25) is 0 Å². The van der Waals surface area contributed by atoms with Crippen LogP contribution in [-0.4, -0.2) is 38.4 Å². The molecule has 0 aliphatic heterocycles. The number of nitrogens with one attached hydrogen (secondary N) is 2. The van der Waals surface area contributed by atoms with Crippen molar-refractivity contribution in [3.8, 4) is 0 Å². The van der Waals surface area contributed by atoms with E-state index in [1.165, 1.54) is 18.2 Å². The van der Waals surface area contributed by atoms with Gasteiger partial charge in [0, 0.05) is 24.8 Å². The second-order valence-corrected chi connectivity index (χ2v) is 8.76. The molecule has 2 N–H and O–H groups in total. The van der Waals surface area contributed by atoms with Gasteiger partial charge in [0.25, 0.3) is 5.69 Å². The van der Waals surface area contributed by atoms with Crippen LogP contribution in [-0.2, 0) is 16.6 Å². The molecule has 0 bridgehead atoms. The fourth-order valence-electron chi connectivity index (χ4n) is 2.91. The molecule has 0 saturated carbocycles. The molecule has 8 nitrogen and oxygen atoms in total. The summed E-state index contributed by atoms with van der Waals surface area (Å²) < 4.78 is 26.8. The van der Waals surface area contributed by atoms with E-state index in [9.17, 15) is 18.5 Å². The second-order valence-electron chi connectivity index (χ2n) is 6.99. The first-order valence-electron chi connectivity index (χ1n) is 9.70. The van der Waals surface area contributed by atoms with Crippen LogP contribution < -0.4 is 10.0 Å². The van der Waals surface area contributed by atoms with Crippen LogP contribution in [0, 0.1) is 10.1 Å². The van der Waals surface area contributed by atoms with Gasteiger partial charge in [0.2, 0.25) is 10.0 Å². The lowest BCUT2D eigenvalue weighted by atomic mass is 10.1. The molecule has 0 aliphatic carbocycles. The number of nitro benzene ring substituents is 1. The first-order chi connectivity index (χ1) is 14.3. The van der Waals surface area contributed by atoms with Crippen molar-refractivity contribution in [1.29, 1.82) is 0 Å². The summed E-state index contributed by atoms with van der Waals surface area (Å²) in [5, 5.41) is 14.6. The van der Waals surface area contributed by atoms with Gasteiger partial charge in [-0.3, -0.25) is 10.1 Å². The molecule has 0 amide bonds. The minimum atomic E-state index is -3.86. The Morgan fingerprint density at radius 2 is 2.00 bits per heavy atom. The van der Waals surface area contributed by atoms with Crippen molar-refractivity contribution in [3.63, 3.8) is 0 Å². The van der Waals surface area contributed by atoms with Crippen molar-refractivity contribution in [2.45, 2.75) is 31.2 Å². The highest BCUT2D eigenvalue weighted by atomic mass is 32.2. The standard InChI is InChI=1S/C21H28N4O4S/c1-4-6-13-24(3)16-17-8-7-9-18(14-17)23-20-11-10-19(15-21(20)25(26)27)30(28,29)22-12-5-2/h5,7-11,14-15,22-23H,2,4,6,12-13,16H2,1,3H3. The Bertz CT molecular complexity index is 992. The molecule has 0 radical (unpaired) electrons. The summed E-state index contributed by atoms with van der Waals surface area (Å²) in [5.41, 5.74) is 1.68. The topological polar surface area (TPSA) is 105 Å². The third kappa shape index (κ3) is 6.65. The van der Waals surface area contributed by atoms with Crippen LogP contribution in [0.5, 0.6) is 0 Å². The number of nitro groups is 1. The predicted molar refractivity (Wildman–Crippen MR) is 119 cm³/mol. The van der Waals surface area contributed by atoms with Gasteiger partial charge < -0.3 is 10.2 Å². The molecular weight excluding hydrogens is 404 g/mol. The SMILES string of the molecule is C=CCNS(=O)(=O)c1ccc(Nc2cccc(CN(C)CCCC)c2)c([N+](=O)[O-])c1. The maximum Gasteiger partial charge on any atom is 0.294 e. The average Bonchev–Trinajstić information content (AvgIpc) is 2.71. The molecule has 9 heteroatoms. The van der Waals surface area contributed by atoms with Crippen molar-refractivity contribution in [3.05, 3.63) is 70.8 Å². The summed E-state index contributed by atoms with van der Waals surface area (Å²) in [6.45, 7) is 7.41. The molecule has 30 heavy (non-hydrogen) atoms. The van der Waals surface area contributed by atoms with E-state index >= 15 is 0 Å². The van der Waals surface area contributed by atoms with E-state index in [0.29, 0.717) is 5.69 Å². The van der Waals surface area contributed by atoms with Crippen molar-refractivity contribution in [2.75, 3.05) is 25.5 Å². The number of sulfonamides is 1. The Hall–Kier alpha value is -2.75. The third-order valence-electron chi connectivity index (χ3n) is 4.45. The van der Waals surface area contributed by atoms with E-state index in [1.807, 2.05) is 24.3 Å². The maximum absolute atomic E-state index is 12.3. The molecule has 0 fully saturated rings. The van der Waals surface area contributed by atoms with Crippen LogP contribution in [0.1, 0.15) is 25.3 Å². The van der Waals surface area contributed by atoms with Gasteiger partial charge in [-0.25, -0.2) is 13.1 Å². The Balaban J connectivity index is 2.25. The molecular formula is C21H28N4O4S. The molecule has 162 valence electrons. The average molecular weight is 433 g/mol. The minimum Gasteiger partial charge on any atom is -0.350 e. The molecule has 0 unspecified atom stereocenters. The summed E-state index contributed by atoms with van der Waals surface area (Å²) in [6.07, 6.45) is 3.65. The smallest absolute Gasteiger partial charge is 0.294 e. The summed E-state index contributed by atoms with van der Waals surface area (Å²) in [4.78, 5) is 13.0. The van der Waals surface area contributed by atoms with E-state index < -0.39 is 14.9 Å². The molecule has 0 aromatic heterocycles. The quantitative estimate of drug-likeness (QED) is 0.298. The van der Waals surface area contributed by atoms with Crippen LogP contribution >= 0.6 is 0 Å². The van der Waals surface area contributed by atoms with Crippen molar-refractivity contribution in [1.82, 2.24) is 9.62 Å². The highest BCUT2D eigenvalue weighted by molar-refractivity contribution is 7.89. The maximum atomic E-state index is 12.3. The van der Waals surface area contributed by atoms with Gasteiger partial charge in [0.05, 0.1) is 9.82 Å². The molecule has 0 atom stereocenters. The summed E-state index contributed by atoms with van der Waals surface area (Å²) in [5.74, 6) is 0. The Labute approximate surface area is 177 Å². The zero-order valence-electron chi connectivity index (χ0n) is 17.3. The first-order valence-corrected chi connectivity index (χ1v) is 11.2. The molecule has 0 saturated heterocycles. The fraction of sp³-hybridized carbons (Fsp3) is 0.333. The van der Waals surface area contributed by atoms with Gasteiger partial charge in [-0.1, -0.05) is 31.6 Å². The second kappa shape index (κ2) is 10.9. The van der Waals surface area contributed by atoms with Crippen LogP contribution in [0.15, 0.2) is 60.0 Å². The van der Waals surface area contributed by atoms with E-state index in [4.69, 9.17) is 0 Å². The zero-order chi connectivity index (χ0) is 22.1. The van der Waals surface area contributed by atoms with Crippen molar-refractivity contribution < 1.29 is 13.3 Å². The largest absolute Gasteiger partial charge is 0.350 e. The Kier molecular flexibility index (Phi) is 8.52. The summed E-state index contributed by atoms with van der Waals surface area (Å²) in [7, 11) is -1.80. The minimum absolute atomic E-state index is 0.0373. The van der Waals surface area contributed by atoms with E-state index in [0.717, 1.165) is 37.6 Å². The number of rotatable bonds is 12. The lowest BCUT2D eigenvalue weighted by Gasteiger charge is -2.17. The Morgan fingerprint density at radius 1 is 1.23 bits per heavy atom. The zero-order valence-corrected chi connectivity index (χ0v) is 18.1. The first kappa shape index (κ1) is 23.5. The molecule has 0 spiro atoms. The number of nitrogens with zero attached hydrogens (tertiary/aromatic N) is 2. The lowest BCUT2D eigenvalue weighted by molar-refractivity contribution is -0.384. The normalized spacial score (nSPS) is 11.4. The van der Waals surface area contributed by atoms with Gasteiger partial charge in [-0.05, 0) is 49.8 Å². The predicted octanol–water partition coefficient (Wildman–Crippen LogP) is 4.03. The Morgan fingerprint density at radius 3 is 2.67 bits per heavy atom. The third-order valence-corrected chi connectivity index (χ3v) is 5.87. The number of benzene rings is 2. The number of anilines is 2. The molecule has 2 aromatic carbocycles. The molecule has 2 aromatic rings. The molecule has 0 aliphatic rings. The fourth-order valence-corrected chi connectivity index (χ4v) is 3.93. The van der Waals surface area contributed by atoms with E-state index in [1.54, 1.807) is 0 Å². The van der Waals surface area contributed by atoms with Gasteiger partial charge in [0.1, 0.15) is 5.69 Å². The van der Waals surface area contributed by atoms with Crippen molar-refractivity contribution >= 4 is 27.1 Å². The van der Waals surface area contributed by atoms with Gasteiger partial charge in [0.15, 0.2) is 0 Å². The van der Waals surface area contributed by atoms with Crippen molar-refractivity contribution in [2.24, 2.45) is 0 Å². The van der Waals surface area contributed by atoms with Crippen LogP contribution in [0.25, 0.3) is 0 Å². The highest BCUT2D eigenvalue weighted by Crippen LogP contribution is 2.30. The molecule has 0 heterocycles. The number of hydrogen-bond donors (Lipinski definition) is 2. The number of unbranched alkanes of at least 4 members (excludes halogenated alkanes) is 1. The van der Waals surface area contributed by atoms with E-state index in [2.05, 4.69) is 35.5 Å². The summed E-state index contributed by atoms with van der Waals surface area (Å²) >= 11 is 0. The monoisotopic (exact) mass is 432 g/mol. The van der Waals surface area contributed by atoms with Gasteiger partial charge >= 0.3 is 0 Å². The van der Waals surface area contributed by atoms with Gasteiger partial charge in [-0.2, -0.15) is 0 Å². The molecule has 2 rings (SSSR count). The summed E-state index contributed by atoms with van der Waals surface area (Å²) in [6, 6.07) is 11.4.